The molecule has 8 aromatic carbocycles. The Kier molecular flexibility index (Phi) is 9.89. The van der Waals surface area contributed by atoms with Gasteiger partial charge >= 0.3 is 0 Å². The summed E-state index contributed by atoms with van der Waals surface area (Å²) in [5.41, 5.74) is 19.1. The van der Waals surface area contributed by atoms with Crippen molar-refractivity contribution in [3.8, 4) is 61.8 Å². The van der Waals surface area contributed by atoms with Crippen LogP contribution >= 0.6 is 0 Å². The Hall–Kier alpha value is -8.93. The van der Waals surface area contributed by atoms with Gasteiger partial charge in [0.05, 0.1) is 22.1 Å². The summed E-state index contributed by atoms with van der Waals surface area (Å²) in [7, 11) is 0. The summed E-state index contributed by atoms with van der Waals surface area (Å²) >= 11 is 0. The molecular weight excluding hydrogens is 863 g/mol. The van der Waals surface area contributed by atoms with E-state index >= 15 is 0 Å². The van der Waals surface area contributed by atoms with Crippen molar-refractivity contribution >= 4 is 54.9 Å². The quantitative estimate of drug-likeness (QED) is 0.136. The van der Waals surface area contributed by atoms with Crippen molar-refractivity contribution in [2.24, 2.45) is 0 Å². The van der Waals surface area contributed by atoms with Crippen LogP contribution < -0.4 is 0 Å². The molecule has 5 nitrogen and oxygen atoms in total. The molecule has 2 aliphatic carbocycles. The average molecular weight is 912 g/mol. The molecule has 3 heterocycles. The summed E-state index contributed by atoms with van der Waals surface area (Å²) in [5, 5.41) is 4.95. The topological polar surface area (TPSA) is 48.5 Å². The first-order valence-corrected chi connectivity index (χ1v) is 24.5. The van der Waals surface area contributed by atoms with Crippen molar-refractivity contribution < 1.29 is 0 Å². The Morgan fingerprint density at radius 3 is 1.83 bits per heavy atom. The van der Waals surface area contributed by atoms with Crippen LogP contribution in [0.3, 0.4) is 0 Å². The Morgan fingerprint density at radius 1 is 0.493 bits per heavy atom. The van der Waals surface area contributed by atoms with Crippen LogP contribution in [0.2, 0.25) is 0 Å². The molecule has 11 aromatic rings. The number of benzene rings is 8. The Bertz CT molecular complexity index is 4100. The van der Waals surface area contributed by atoms with Crippen LogP contribution in [0.25, 0.3) is 117 Å². The predicted octanol–water partition coefficient (Wildman–Crippen LogP) is 17.0. The lowest BCUT2D eigenvalue weighted by atomic mass is 9.82. The zero-order valence-corrected chi connectivity index (χ0v) is 39.8. The lowest BCUT2D eigenvalue weighted by Gasteiger charge is -2.22. The van der Waals surface area contributed by atoms with E-state index < -0.39 is 0 Å². The monoisotopic (exact) mass is 911 g/mol. The van der Waals surface area contributed by atoms with Crippen LogP contribution in [0.15, 0.2) is 226 Å². The second-order valence-corrected chi connectivity index (χ2v) is 19.2. The first kappa shape index (κ1) is 42.2. The van der Waals surface area contributed by atoms with Gasteiger partial charge < -0.3 is 9.13 Å². The summed E-state index contributed by atoms with van der Waals surface area (Å²) in [4.78, 5) is 15.3. The van der Waals surface area contributed by atoms with Crippen LogP contribution in [0.5, 0.6) is 0 Å². The average Bonchev–Trinajstić information content (AvgIpc) is 4.02. The minimum atomic E-state index is -0.245. The van der Waals surface area contributed by atoms with Crippen LogP contribution in [0.1, 0.15) is 43.6 Å². The van der Waals surface area contributed by atoms with Gasteiger partial charge in [-0.25, -0.2) is 15.0 Å². The summed E-state index contributed by atoms with van der Waals surface area (Å²) < 4.78 is 4.86. The highest BCUT2D eigenvalue weighted by molar-refractivity contribution is 6.13. The lowest BCUT2D eigenvalue weighted by molar-refractivity contribution is 0.661. The minimum Gasteiger partial charge on any atom is -0.310 e. The van der Waals surface area contributed by atoms with Gasteiger partial charge in [0.2, 0.25) is 0 Å². The maximum absolute atomic E-state index is 5.17. The number of hydrogen-bond donors (Lipinski definition) is 0. The summed E-state index contributed by atoms with van der Waals surface area (Å²) in [6.45, 7) is 12.8. The second kappa shape index (κ2) is 16.6. The standard InChI is InChI=1S/C66H49N5/c1-5-20-42(6-2)63-67-64(44-23-12-8-13-24-44)69-65(68-63)48-35-47(43-21-10-7-11-22-43)36-50(37-48)71-60-30-19-17-28-52(60)56-40-54-53-38-45(31-33-57(53)66(3,4)58(54)41-62(56)71)46-32-34-61-55(39-46)51-27-16-18-29-59(51)70(61)49-25-14-9-15-26-49/h5-8,10-14,16-41H,1-2,9,15H2,3-4H3/b42-20+. The molecule has 0 unspecified atom stereocenters. The molecule has 13 rings (SSSR count). The zero-order valence-electron chi connectivity index (χ0n) is 39.8. The first-order chi connectivity index (χ1) is 34.9. The maximum Gasteiger partial charge on any atom is 0.164 e. The van der Waals surface area contributed by atoms with Crippen molar-refractivity contribution in [3.05, 3.63) is 242 Å². The molecule has 5 heteroatoms. The fourth-order valence-corrected chi connectivity index (χ4v) is 11.2. The van der Waals surface area contributed by atoms with Crippen molar-refractivity contribution in [1.82, 2.24) is 24.1 Å². The molecule has 71 heavy (non-hydrogen) atoms. The van der Waals surface area contributed by atoms with E-state index in [-0.39, 0.29) is 5.41 Å². The highest BCUT2D eigenvalue weighted by Gasteiger charge is 2.37. The number of hydrogen-bond acceptors (Lipinski definition) is 3. The van der Waals surface area contributed by atoms with Gasteiger partial charge in [-0.05, 0) is 124 Å². The largest absolute Gasteiger partial charge is 0.310 e. The van der Waals surface area contributed by atoms with Gasteiger partial charge in [-0.15, -0.1) is 0 Å². The Labute approximate surface area is 413 Å². The molecule has 0 saturated carbocycles. The van der Waals surface area contributed by atoms with E-state index in [1.807, 2.05) is 36.4 Å². The van der Waals surface area contributed by atoms with Crippen molar-refractivity contribution in [1.29, 1.82) is 0 Å². The molecule has 338 valence electrons. The molecule has 2 aliphatic rings. The minimum absolute atomic E-state index is 0.245. The van der Waals surface area contributed by atoms with Crippen LogP contribution in [0, 0.1) is 0 Å². The van der Waals surface area contributed by atoms with E-state index in [0.717, 1.165) is 57.4 Å². The van der Waals surface area contributed by atoms with Crippen LogP contribution in [0.4, 0.5) is 0 Å². The molecule has 0 saturated heterocycles. The highest BCUT2D eigenvalue weighted by atomic mass is 15.0. The normalized spacial score (nSPS) is 14.0. The van der Waals surface area contributed by atoms with Gasteiger partial charge in [-0.3, -0.25) is 0 Å². The van der Waals surface area contributed by atoms with E-state index in [1.54, 1.807) is 12.2 Å². The van der Waals surface area contributed by atoms with Crippen molar-refractivity contribution in [3.63, 3.8) is 0 Å². The molecule has 3 aromatic heterocycles. The molecule has 0 bridgehead atoms. The van der Waals surface area contributed by atoms with E-state index in [1.165, 1.54) is 71.7 Å². The number of fused-ring (bicyclic) bond motifs is 9. The number of aromatic nitrogens is 5. The molecule has 0 aliphatic heterocycles. The van der Waals surface area contributed by atoms with E-state index in [4.69, 9.17) is 15.0 Å². The van der Waals surface area contributed by atoms with Gasteiger partial charge in [0, 0.05) is 55.0 Å². The molecule has 0 spiro atoms. The first-order valence-electron chi connectivity index (χ1n) is 24.5. The number of nitrogens with zero attached hydrogens (tertiary/aromatic N) is 5. The number of rotatable bonds is 9. The fraction of sp³-hybridized carbons (Fsp3) is 0.0758. The Morgan fingerprint density at radius 2 is 1.11 bits per heavy atom. The van der Waals surface area contributed by atoms with Gasteiger partial charge in [-0.1, -0.05) is 173 Å². The van der Waals surface area contributed by atoms with E-state index in [0.29, 0.717) is 17.5 Å². The predicted molar refractivity (Wildman–Crippen MR) is 297 cm³/mol. The third-order valence-corrected chi connectivity index (χ3v) is 14.7. The third kappa shape index (κ3) is 6.87. The van der Waals surface area contributed by atoms with Crippen LogP contribution in [-0.2, 0) is 5.41 Å². The van der Waals surface area contributed by atoms with Gasteiger partial charge in [-0.2, -0.15) is 0 Å². The molecule has 0 N–H and O–H groups in total. The van der Waals surface area contributed by atoms with Gasteiger partial charge in [0.25, 0.3) is 0 Å². The summed E-state index contributed by atoms with van der Waals surface area (Å²) in [6, 6.07) is 64.1. The summed E-state index contributed by atoms with van der Waals surface area (Å²) in [6.07, 6.45) is 14.5. The molecule has 0 atom stereocenters. The highest BCUT2D eigenvalue weighted by Crippen LogP contribution is 2.52. The SMILES string of the molecule is C=C/C=C(\C=C)c1nc(-c2ccccc2)nc(-c2cc(-c3ccccc3)cc(-n3c4ccccc4c4cc5c(cc43)C(C)(C)c3ccc(-c4ccc6c(c4)c4ccccc4n6C4=CCCC=C4)cc3-5)c2)n1. The number of allylic oxidation sites excluding steroid dienone is 8. The van der Waals surface area contributed by atoms with E-state index in [9.17, 15) is 0 Å². The lowest BCUT2D eigenvalue weighted by Crippen LogP contribution is -2.15. The van der Waals surface area contributed by atoms with Gasteiger partial charge in [0.1, 0.15) is 0 Å². The fourth-order valence-electron chi connectivity index (χ4n) is 11.2. The Balaban J connectivity index is 0.991. The third-order valence-electron chi connectivity index (χ3n) is 14.7. The molecule has 0 amide bonds. The second-order valence-electron chi connectivity index (χ2n) is 19.2. The van der Waals surface area contributed by atoms with Crippen molar-refractivity contribution in [2.75, 3.05) is 0 Å². The van der Waals surface area contributed by atoms with Crippen molar-refractivity contribution in [2.45, 2.75) is 32.1 Å². The molecular formula is C66H49N5. The van der Waals surface area contributed by atoms with E-state index in [2.05, 4.69) is 200 Å². The molecule has 0 fully saturated rings. The smallest absolute Gasteiger partial charge is 0.164 e. The molecule has 0 radical (unpaired) electrons. The van der Waals surface area contributed by atoms with Gasteiger partial charge in [0.15, 0.2) is 17.5 Å². The van der Waals surface area contributed by atoms with Crippen LogP contribution in [-0.4, -0.2) is 24.1 Å². The zero-order chi connectivity index (χ0) is 47.8. The maximum atomic E-state index is 5.17. The number of para-hydroxylation sites is 2. The summed E-state index contributed by atoms with van der Waals surface area (Å²) in [5.74, 6) is 1.69.